The van der Waals surface area contributed by atoms with Crippen LogP contribution in [0.2, 0.25) is 0 Å². The molecule has 0 amide bonds. The molecular formula is C27H44O4. The summed E-state index contributed by atoms with van der Waals surface area (Å²) in [5.41, 5.74) is 0.856. The zero-order valence-corrected chi connectivity index (χ0v) is 19.7. The number of carboxylic acids is 1. The number of carbonyl (C=O) groups is 2. The lowest BCUT2D eigenvalue weighted by Crippen LogP contribution is -2.29. The van der Waals surface area contributed by atoms with Crippen LogP contribution >= 0.6 is 0 Å². The van der Waals surface area contributed by atoms with Crippen molar-refractivity contribution in [3.63, 3.8) is 0 Å². The predicted molar refractivity (Wildman–Crippen MR) is 127 cm³/mol. The fourth-order valence-corrected chi connectivity index (χ4v) is 3.87. The second-order valence-corrected chi connectivity index (χ2v) is 8.71. The molecule has 1 aromatic carbocycles. The summed E-state index contributed by atoms with van der Waals surface area (Å²) in [6.45, 7) is 2.26. The lowest BCUT2D eigenvalue weighted by Gasteiger charge is -2.14. The number of rotatable bonds is 20. The molecule has 0 aliphatic rings. The van der Waals surface area contributed by atoms with Crippen molar-refractivity contribution in [3.8, 4) is 0 Å². The first-order chi connectivity index (χ1) is 15.1. The largest absolute Gasteiger partial charge is 0.478 e. The van der Waals surface area contributed by atoms with Crippen LogP contribution in [0, 0.1) is 0 Å². The van der Waals surface area contributed by atoms with Crippen LogP contribution in [0.3, 0.4) is 0 Å². The second-order valence-electron chi connectivity index (χ2n) is 8.71. The third-order valence-electron chi connectivity index (χ3n) is 5.80. The first-order valence-corrected chi connectivity index (χ1v) is 12.6. The summed E-state index contributed by atoms with van der Waals surface area (Å²) in [6, 6.07) is 9.27. The molecule has 0 aliphatic carbocycles. The maximum atomic E-state index is 12.0. The number of ether oxygens (including phenoxy) is 1. The summed E-state index contributed by atoms with van der Waals surface area (Å²) in [6.07, 6.45) is 18.6. The van der Waals surface area contributed by atoms with Crippen molar-refractivity contribution in [1.29, 1.82) is 0 Å². The molecule has 1 aromatic rings. The quantitative estimate of drug-likeness (QED) is 0.171. The van der Waals surface area contributed by atoms with Crippen molar-refractivity contribution in [2.75, 3.05) is 0 Å². The molecule has 0 spiro atoms. The Morgan fingerprint density at radius 2 is 1.19 bits per heavy atom. The van der Waals surface area contributed by atoms with Crippen LogP contribution in [-0.2, 0) is 20.7 Å². The Kier molecular flexibility index (Phi) is 16.6. The lowest BCUT2D eigenvalue weighted by molar-refractivity contribution is -0.164. The zero-order valence-electron chi connectivity index (χ0n) is 19.7. The van der Waals surface area contributed by atoms with Crippen molar-refractivity contribution in [2.24, 2.45) is 0 Å². The van der Waals surface area contributed by atoms with Crippen LogP contribution in [0.5, 0.6) is 0 Å². The van der Waals surface area contributed by atoms with Crippen LogP contribution in [0.4, 0.5) is 0 Å². The van der Waals surface area contributed by atoms with E-state index in [9.17, 15) is 14.7 Å². The number of esters is 1. The molecule has 1 N–H and O–H groups in total. The summed E-state index contributed by atoms with van der Waals surface area (Å²) in [4.78, 5) is 23.4. The van der Waals surface area contributed by atoms with Gasteiger partial charge in [0, 0.05) is 12.8 Å². The van der Waals surface area contributed by atoms with Gasteiger partial charge in [-0.1, -0.05) is 127 Å². The average Bonchev–Trinajstić information content (AvgIpc) is 2.76. The Morgan fingerprint density at radius 3 is 1.65 bits per heavy atom. The summed E-state index contributed by atoms with van der Waals surface area (Å²) in [5.74, 6) is -1.49. The van der Waals surface area contributed by atoms with E-state index in [0.717, 1.165) is 24.8 Å². The topological polar surface area (TPSA) is 63.6 Å². The summed E-state index contributed by atoms with van der Waals surface area (Å²) in [5, 5.41) is 9.31. The summed E-state index contributed by atoms with van der Waals surface area (Å²) in [7, 11) is 0. The highest BCUT2D eigenvalue weighted by atomic mass is 16.6. The van der Waals surface area contributed by atoms with E-state index in [2.05, 4.69) is 6.92 Å². The van der Waals surface area contributed by atoms with E-state index >= 15 is 0 Å². The molecule has 4 nitrogen and oxygen atoms in total. The normalized spacial score (nSPS) is 11.9. The highest BCUT2D eigenvalue weighted by Crippen LogP contribution is 2.14. The van der Waals surface area contributed by atoms with Gasteiger partial charge in [0.25, 0.3) is 0 Å². The lowest BCUT2D eigenvalue weighted by atomic mass is 10.0. The van der Waals surface area contributed by atoms with Gasteiger partial charge in [0.2, 0.25) is 6.10 Å². The van der Waals surface area contributed by atoms with E-state index in [1.54, 1.807) is 0 Å². The molecule has 1 rings (SSSR count). The van der Waals surface area contributed by atoms with Crippen molar-refractivity contribution in [3.05, 3.63) is 35.9 Å². The van der Waals surface area contributed by atoms with Gasteiger partial charge in [-0.15, -0.1) is 0 Å². The fraction of sp³-hybridized carbons (Fsp3) is 0.704. The molecule has 176 valence electrons. The highest BCUT2D eigenvalue weighted by Gasteiger charge is 2.22. The molecule has 0 saturated heterocycles. The van der Waals surface area contributed by atoms with Gasteiger partial charge in [0.05, 0.1) is 0 Å². The molecule has 1 unspecified atom stereocenters. The zero-order chi connectivity index (χ0) is 22.6. The molecular weight excluding hydrogens is 388 g/mol. The standard InChI is InChI=1S/C27H44O4/c1-2-3-4-5-6-7-8-9-10-11-12-13-14-15-19-22-26(28)31-25(27(29)30)23-24-20-17-16-18-21-24/h16-18,20-21,25H,2-15,19,22-23H2,1H3,(H,29,30). The summed E-state index contributed by atoms with van der Waals surface area (Å²) < 4.78 is 5.20. The van der Waals surface area contributed by atoms with E-state index in [1.165, 1.54) is 77.0 Å². The second kappa shape index (κ2) is 18.9. The number of aliphatic carboxylic acids is 1. The van der Waals surface area contributed by atoms with Gasteiger partial charge in [0.1, 0.15) is 0 Å². The number of unbranched alkanes of at least 4 members (excludes halogenated alkanes) is 14. The van der Waals surface area contributed by atoms with Crippen molar-refractivity contribution in [1.82, 2.24) is 0 Å². The van der Waals surface area contributed by atoms with E-state index in [1.807, 2.05) is 30.3 Å². The highest BCUT2D eigenvalue weighted by molar-refractivity contribution is 5.78. The number of hydrogen-bond donors (Lipinski definition) is 1. The van der Waals surface area contributed by atoms with Gasteiger partial charge in [0.15, 0.2) is 0 Å². The van der Waals surface area contributed by atoms with Crippen molar-refractivity contribution >= 4 is 11.9 Å². The monoisotopic (exact) mass is 432 g/mol. The van der Waals surface area contributed by atoms with E-state index in [-0.39, 0.29) is 6.42 Å². The first-order valence-electron chi connectivity index (χ1n) is 12.6. The third kappa shape index (κ3) is 15.6. The number of carbonyl (C=O) groups excluding carboxylic acids is 1. The average molecular weight is 433 g/mol. The Morgan fingerprint density at radius 1 is 0.742 bits per heavy atom. The first kappa shape index (κ1) is 27.2. The molecule has 0 radical (unpaired) electrons. The minimum atomic E-state index is -1.11. The Balaban J connectivity index is 1.95. The fourth-order valence-electron chi connectivity index (χ4n) is 3.87. The molecule has 0 aromatic heterocycles. The molecule has 0 aliphatic heterocycles. The number of hydrogen-bond acceptors (Lipinski definition) is 3. The van der Waals surface area contributed by atoms with E-state index in [4.69, 9.17) is 4.74 Å². The maximum absolute atomic E-state index is 12.0. The third-order valence-corrected chi connectivity index (χ3v) is 5.80. The van der Waals surface area contributed by atoms with Crippen LogP contribution in [0.1, 0.15) is 115 Å². The van der Waals surface area contributed by atoms with E-state index < -0.39 is 18.0 Å². The Bertz CT molecular complexity index is 570. The molecule has 4 heteroatoms. The molecule has 0 saturated carbocycles. The van der Waals surface area contributed by atoms with Crippen molar-refractivity contribution in [2.45, 2.75) is 122 Å². The molecule has 0 fully saturated rings. The SMILES string of the molecule is CCCCCCCCCCCCCCCCCC(=O)OC(Cc1ccccc1)C(=O)O. The molecule has 0 heterocycles. The van der Waals surface area contributed by atoms with Crippen LogP contribution < -0.4 is 0 Å². The molecule has 1 atom stereocenters. The number of carboxylic acid groups (broad SMARTS) is 1. The molecule has 31 heavy (non-hydrogen) atoms. The molecule has 0 bridgehead atoms. The van der Waals surface area contributed by atoms with E-state index in [0.29, 0.717) is 6.42 Å². The maximum Gasteiger partial charge on any atom is 0.345 e. The van der Waals surface area contributed by atoms with Crippen LogP contribution in [0.15, 0.2) is 30.3 Å². The Hall–Kier alpha value is -1.84. The Labute approximate surface area is 189 Å². The van der Waals surface area contributed by atoms with Crippen molar-refractivity contribution < 1.29 is 19.4 Å². The van der Waals surface area contributed by atoms with Crippen LogP contribution in [0.25, 0.3) is 0 Å². The van der Waals surface area contributed by atoms with Gasteiger partial charge in [-0.05, 0) is 12.0 Å². The van der Waals surface area contributed by atoms with Gasteiger partial charge >= 0.3 is 11.9 Å². The van der Waals surface area contributed by atoms with Crippen LogP contribution in [-0.4, -0.2) is 23.1 Å². The van der Waals surface area contributed by atoms with Gasteiger partial charge in [-0.25, -0.2) is 4.79 Å². The van der Waals surface area contributed by atoms with Gasteiger partial charge in [-0.3, -0.25) is 4.79 Å². The minimum Gasteiger partial charge on any atom is -0.478 e. The van der Waals surface area contributed by atoms with Gasteiger partial charge in [-0.2, -0.15) is 0 Å². The predicted octanol–water partition coefficient (Wildman–Crippen LogP) is 7.49. The smallest absolute Gasteiger partial charge is 0.345 e. The summed E-state index contributed by atoms with van der Waals surface area (Å²) >= 11 is 0. The van der Waals surface area contributed by atoms with Gasteiger partial charge < -0.3 is 9.84 Å². The number of benzene rings is 1. The minimum absolute atomic E-state index is 0.209.